The molecule has 0 aliphatic carbocycles. The van der Waals surface area contributed by atoms with Crippen LogP contribution in [0.4, 0.5) is 0 Å². The molecule has 0 spiro atoms. The maximum Gasteiger partial charge on any atom is 0.307 e. The van der Waals surface area contributed by atoms with Gasteiger partial charge in [0.25, 0.3) is 0 Å². The molecule has 1 unspecified atom stereocenters. The van der Waals surface area contributed by atoms with Crippen LogP contribution in [-0.4, -0.2) is 13.1 Å². The number of halogens is 1. The van der Waals surface area contributed by atoms with Gasteiger partial charge in [0.05, 0.1) is 7.11 Å². The topological polar surface area (TPSA) is 35.5 Å². The highest BCUT2D eigenvalue weighted by Crippen LogP contribution is 2.24. The molecular formula is C18H27ClO3. The van der Waals surface area contributed by atoms with Crippen LogP contribution >= 0.6 is 11.6 Å². The van der Waals surface area contributed by atoms with E-state index in [-0.39, 0.29) is 5.97 Å². The fraction of sp³-hybridized carbons (Fsp3) is 0.611. The molecule has 0 heterocycles. The molecule has 4 heteroatoms. The van der Waals surface area contributed by atoms with Crippen molar-refractivity contribution in [1.29, 1.82) is 0 Å². The van der Waals surface area contributed by atoms with Crippen LogP contribution in [0.1, 0.15) is 69.4 Å². The monoisotopic (exact) mass is 326 g/mol. The molecule has 0 bridgehead atoms. The van der Waals surface area contributed by atoms with Gasteiger partial charge in [-0.05, 0) is 18.6 Å². The standard InChI is InChI=1S/C18H27ClO3/c1-3-4-5-6-7-8-9-10-17(20)22-18(19)15-11-13-16(21-2)14-12-15/h11-14,18H,3-10H2,1-2H3. The van der Waals surface area contributed by atoms with Crippen molar-refractivity contribution in [2.45, 2.75) is 63.9 Å². The van der Waals surface area contributed by atoms with Crippen LogP contribution in [0, 0.1) is 0 Å². The summed E-state index contributed by atoms with van der Waals surface area (Å²) in [6, 6.07) is 7.21. The number of hydrogen-bond donors (Lipinski definition) is 0. The lowest BCUT2D eigenvalue weighted by Gasteiger charge is -2.12. The minimum Gasteiger partial charge on any atom is -0.497 e. The summed E-state index contributed by atoms with van der Waals surface area (Å²) in [5, 5.41) is 0. The van der Waals surface area contributed by atoms with Crippen LogP contribution < -0.4 is 4.74 Å². The summed E-state index contributed by atoms with van der Waals surface area (Å²) in [6.45, 7) is 2.21. The number of benzene rings is 1. The van der Waals surface area contributed by atoms with E-state index in [1.807, 2.05) is 0 Å². The third-order valence-corrected chi connectivity index (χ3v) is 3.94. The maximum absolute atomic E-state index is 11.8. The Hall–Kier alpha value is -1.22. The number of rotatable bonds is 11. The van der Waals surface area contributed by atoms with E-state index in [1.54, 1.807) is 31.4 Å². The van der Waals surface area contributed by atoms with Crippen molar-refractivity contribution in [3.05, 3.63) is 29.8 Å². The summed E-state index contributed by atoms with van der Waals surface area (Å²) in [5.41, 5.74) is 0.0262. The number of unbranched alkanes of at least 4 members (excludes halogenated alkanes) is 6. The third kappa shape index (κ3) is 7.69. The predicted octanol–water partition coefficient (Wildman–Crippen LogP) is 5.62. The summed E-state index contributed by atoms with van der Waals surface area (Å²) in [5.74, 6) is 0.520. The molecule has 22 heavy (non-hydrogen) atoms. The first-order chi connectivity index (χ1) is 10.7. The fourth-order valence-corrected chi connectivity index (χ4v) is 2.47. The molecule has 0 saturated carbocycles. The van der Waals surface area contributed by atoms with Crippen LogP contribution in [0.25, 0.3) is 0 Å². The Kier molecular flexibility index (Phi) is 9.72. The second kappa shape index (κ2) is 11.4. The van der Waals surface area contributed by atoms with Gasteiger partial charge in [-0.25, -0.2) is 0 Å². The van der Waals surface area contributed by atoms with E-state index >= 15 is 0 Å². The third-order valence-electron chi connectivity index (χ3n) is 3.60. The highest BCUT2D eigenvalue weighted by atomic mass is 35.5. The van der Waals surface area contributed by atoms with Gasteiger partial charge in [-0.3, -0.25) is 4.79 Å². The molecule has 0 amide bonds. The zero-order valence-electron chi connectivity index (χ0n) is 13.6. The summed E-state index contributed by atoms with van der Waals surface area (Å²) in [6.07, 6.45) is 8.69. The second-order valence-corrected chi connectivity index (χ2v) is 5.85. The number of hydrogen-bond acceptors (Lipinski definition) is 3. The van der Waals surface area contributed by atoms with Gasteiger partial charge in [0.2, 0.25) is 5.56 Å². The molecule has 1 atom stereocenters. The molecule has 0 aliphatic heterocycles. The van der Waals surface area contributed by atoms with Crippen LogP contribution in [0.2, 0.25) is 0 Å². The molecule has 0 N–H and O–H groups in total. The minimum atomic E-state index is -0.733. The van der Waals surface area contributed by atoms with Crippen molar-refractivity contribution >= 4 is 17.6 Å². The smallest absolute Gasteiger partial charge is 0.307 e. The average molecular weight is 327 g/mol. The number of methoxy groups -OCH3 is 1. The van der Waals surface area contributed by atoms with Gasteiger partial charge in [0, 0.05) is 12.0 Å². The second-order valence-electron chi connectivity index (χ2n) is 5.45. The van der Waals surface area contributed by atoms with Gasteiger partial charge in [-0.15, -0.1) is 0 Å². The Morgan fingerprint density at radius 1 is 1.05 bits per heavy atom. The lowest BCUT2D eigenvalue weighted by atomic mass is 10.1. The predicted molar refractivity (Wildman–Crippen MR) is 90.3 cm³/mol. The number of alkyl halides is 1. The first kappa shape index (κ1) is 18.8. The molecule has 1 aromatic carbocycles. The SMILES string of the molecule is CCCCCCCCCC(=O)OC(Cl)c1ccc(OC)cc1. The molecule has 1 rings (SSSR count). The van der Waals surface area contributed by atoms with Crippen molar-refractivity contribution < 1.29 is 14.3 Å². The van der Waals surface area contributed by atoms with Gasteiger partial charge < -0.3 is 9.47 Å². The zero-order valence-corrected chi connectivity index (χ0v) is 14.4. The lowest BCUT2D eigenvalue weighted by molar-refractivity contribution is -0.145. The van der Waals surface area contributed by atoms with Gasteiger partial charge in [0.1, 0.15) is 5.75 Å². The lowest BCUT2D eigenvalue weighted by Crippen LogP contribution is -2.07. The number of ether oxygens (including phenoxy) is 2. The van der Waals surface area contributed by atoms with E-state index in [1.165, 1.54) is 32.1 Å². The highest BCUT2D eigenvalue weighted by molar-refractivity contribution is 6.20. The van der Waals surface area contributed by atoms with Gasteiger partial charge in [-0.1, -0.05) is 69.2 Å². The normalized spacial score (nSPS) is 12.0. The summed E-state index contributed by atoms with van der Waals surface area (Å²) in [4.78, 5) is 11.8. The van der Waals surface area contributed by atoms with Crippen molar-refractivity contribution in [1.82, 2.24) is 0 Å². The molecular weight excluding hydrogens is 300 g/mol. The molecule has 0 aliphatic rings. The first-order valence-electron chi connectivity index (χ1n) is 8.15. The highest BCUT2D eigenvalue weighted by Gasteiger charge is 2.13. The summed E-state index contributed by atoms with van der Waals surface area (Å²) >= 11 is 6.11. The van der Waals surface area contributed by atoms with E-state index < -0.39 is 5.56 Å². The van der Waals surface area contributed by atoms with Crippen molar-refractivity contribution in [3.63, 3.8) is 0 Å². The van der Waals surface area contributed by atoms with Gasteiger partial charge in [-0.2, -0.15) is 0 Å². The Bertz CT molecular complexity index is 417. The first-order valence-corrected chi connectivity index (χ1v) is 8.58. The largest absolute Gasteiger partial charge is 0.497 e. The number of carbonyl (C=O) groups is 1. The van der Waals surface area contributed by atoms with Crippen molar-refractivity contribution in [2.24, 2.45) is 0 Å². The van der Waals surface area contributed by atoms with E-state index in [9.17, 15) is 4.79 Å². The molecule has 0 radical (unpaired) electrons. The summed E-state index contributed by atoms with van der Waals surface area (Å²) in [7, 11) is 1.61. The van der Waals surface area contributed by atoms with Crippen LogP contribution in [0.5, 0.6) is 5.75 Å². The van der Waals surface area contributed by atoms with E-state index in [4.69, 9.17) is 21.1 Å². The van der Waals surface area contributed by atoms with E-state index in [0.29, 0.717) is 6.42 Å². The minimum absolute atomic E-state index is 0.232. The van der Waals surface area contributed by atoms with Crippen LogP contribution in [0.3, 0.4) is 0 Å². The molecule has 0 aromatic heterocycles. The summed E-state index contributed by atoms with van der Waals surface area (Å²) < 4.78 is 10.3. The van der Waals surface area contributed by atoms with Crippen molar-refractivity contribution in [3.8, 4) is 5.75 Å². The number of esters is 1. The zero-order chi connectivity index (χ0) is 16.2. The van der Waals surface area contributed by atoms with Gasteiger partial charge in [0.15, 0.2) is 0 Å². The fourth-order valence-electron chi connectivity index (χ4n) is 2.22. The average Bonchev–Trinajstić information content (AvgIpc) is 2.54. The number of carbonyl (C=O) groups excluding carboxylic acids is 1. The Morgan fingerprint density at radius 3 is 2.23 bits per heavy atom. The van der Waals surface area contributed by atoms with Crippen LogP contribution in [0.15, 0.2) is 24.3 Å². The van der Waals surface area contributed by atoms with Gasteiger partial charge >= 0.3 is 5.97 Å². The quantitative estimate of drug-likeness (QED) is 0.301. The van der Waals surface area contributed by atoms with Crippen molar-refractivity contribution in [2.75, 3.05) is 7.11 Å². The Balaban J connectivity index is 2.18. The molecule has 124 valence electrons. The Morgan fingerprint density at radius 2 is 1.64 bits per heavy atom. The maximum atomic E-state index is 11.8. The van der Waals surface area contributed by atoms with E-state index in [2.05, 4.69) is 6.92 Å². The molecule has 3 nitrogen and oxygen atoms in total. The van der Waals surface area contributed by atoms with E-state index in [0.717, 1.165) is 24.2 Å². The molecule has 0 saturated heterocycles. The Labute approximate surface area is 139 Å². The molecule has 1 aromatic rings. The van der Waals surface area contributed by atoms with Crippen LogP contribution in [-0.2, 0) is 9.53 Å². The molecule has 0 fully saturated rings.